The Balaban J connectivity index is 2.14. The van der Waals surface area contributed by atoms with Crippen LogP contribution < -0.4 is 9.47 Å². The zero-order valence-electron chi connectivity index (χ0n) is 12.6. The van der Waals surface area contributed by atoms with Gasteiger partial charge in [0.05, 0.1) is 12.7 Å². The predicted octanol–water partition coefficient (Wildman–Crippen LogP) is 2.35. The van der Waals surface area contributed by atoms with E-state index in [1.54, 1.807) is 18.2 Å². The Bertz CT molecular complexity index is 563. The van der Waals surface area contributed by atoms with E-state index in [1.165, 1.54) is 7.11 Å². The maximum atomic E-state index is 12.4. The van der Waals surface area contributed by atoms with Gasteiger partial charge >= 0.3 is 0 Å². The van der Waals surface area contributed by atoms with Crippen LogP contribution in [0.3, 0.4) is 0 Å². The molecule has 0 N–H and O–H groups in total. The standard InChI is InChI=1S/C16H20N2O3/c1-11(2)18-8-4-5-14(16(18)19)21-13-7-6-12(10-17)15(9-13)20-3/h6-7,9,11,14H,4-5,8H2,1-3H3. The Morgan fingerprint density at radius 1 is 1.43 bits per heavy atom. The summed E-state index contributed by atoms with van der Waals surface area (Å²) in [4.78, 5) is 14.2. The first-order valence-corrected chi connectivity index (χ1v) is 7.12. The molecule has 21 heavy (non-hydrogen) atoms. The Hall–Kier alpha value is -2.22. The van der Waals surface area contributed by atoms with Crippen molar-refractivity contribution in [2.45, 2.75) is 38.8 Å². The molecule has 5 nitrogen and oxygen atoms in total. The molecule has 1 aromatic rings. The van der Waals surface area contributed by atoms with Crippen molar-refractivity contribution in [3.8, 4) is 17.6 Å². The summed E-state index contributed by atoms with van der Waals surface area (Å²) in [6, 6.07) is 7.22. The lowest BCUT2D eigenvalue weighted by atomic mass is 10.1. The third-order valence-electron chi connectivity index (χ3n) is 3.62. The second kappa shape index (κ2) is 6.49. The second-order valence-electron chi connectivity index (χ2n) is 5.35. The van der Waals surface area contributed by atoms with Crippen LogP contribution in [-0.4, -0.2) is 36.6 Å². The summed E-state index contributed by atoms with van der Waals surface area (Å²) < 4.78 is 11.0. The van der Waals surface area contributed by atoms with E-state index < -0.39 is 6.10 Å². The lowest BCUT2D eigenvalue weighted by Crippen LogP contribution is -2.49. The summed E-state index contributed by atoms with van der Waals surface area (Å²) in [6.45, 7) is 4.79. The molecular formula is C16H20N2O3. The molecule has 0 aliphatic carbocycles. The van der Waals surface area contributed by atoms with E-state index in [0.29, 0.717) is 23.5 Å². The third kappa shape index (κ3) is 3.27. The van der Waals surface area contributed by atoms with Crippen molar-refractivity contribution in [1.29, 1.82) is 5.26 Å². The van der Waals surface area contributed by atoms with Gasteiger partial charge in [0.1, 0.15) is 17.6 Å². The highest BCUT2D eigenvalue weighted by molar-refractivity contribution is 5.82. The highest BCUT2D eigenvalue weighted by Crippen LogP contribution is 2.27. The zero-order valence-corrected chi connectivity index (χ0v) is 12.6. The average Bonchev–Trinajstić information content (AvgIpc) is 2.48. The first-order chi connectivity index (χ1) is 10.1. The number of piperidine rings is 1. The summed E-state index contributed by atoms with van der Waals surface area (Å²) in [5, 5.41) is 8.97. The number of carbonyl (C=O) groups is 1. The number of hydrogen-bond donors (Lipinski definition) is 0. The number of benzene rings is 1. The zero-order chi connectivity index (χ0) is 15.4. The molecule has 0 aromatic heterocycles. The molecule has 1 aromatic carbocycles. The van der Waals surface area contributed by atoms with Gasteiger partial charge in [-0.1, -0.05) is 0 Å². The molecule has 0 radical (unpaired) electrons. The fourth-order valence-electron chi connectivity index (χ4n) is 2.49. The van der Waals surface area contributed by atoms with Gasteiger partial charge in [-0.15, -0.1) is 0 Å². The lowest BCUT2D eigenvalue weighted by Gasteiger charge is -2.35. The van der Waals surface area contributed by atoms with Gasteiger partial charge in [0.2, 0.25) is 0 Å². The number of rotatable bonds is 4. The Morgan fingerprint density at radius 2 is 2.19 bits per heavy atom. The normalized spacial score (nSPS) is 18.5. The van der Waals surface area contributed by atoms with E-state index in [4.69, 9.17) is 14.7 Å². The first kappa shape index (κ1) is 15.2. The number of amides is 1. The van der Waals surface area contributed by atoms with Crippen LogP contribution in [-0.2, 0) is 4.79 Å². The summed E-state index contributed by atoms with van der Waals surface area (Å²) in [5.41, 5.74) is 0.448. The van der Waals surface area contributed by atoms with Crippen molar-refractivity contribution >= 4 is 5.91 Å². The van der Waals surface area contributed by atoms with Gasteiger partial charge < -0.3 is 14.4 Å². The molecule has 112 valence electrons. The van der Waals surface area contributed by atoms with Crippen molar-refractivity contribution < 1.29 is 14.3 Å². The molecular weight excluding hydrogens is 268 g/mol. The van der Waals surface area contributed by atoms with E-state index in [1.807, 2.05) is 18.7 Å². The van der Waals surface area contributed by atoms with Crippen LogP contribution in [0.25, 0.3) is 0 Å². The number of hydrogen-bond acceptors (Lipinski definition) is 4. The number of likely N-dealkylation sites (tertiary alicyclic amines) is 1. The number of carbonyl (C=O) groups excluding carboxylic acids is 1. The number of nitriles is 1. The van der Waals surface area contributed by atoms with E-state index in [-0.39, 0.29) is 11.9 Å². The summed E-state index contributed by atoms with van der Waals surface area (Å²) in [6.07, 6.45) is 1.19. The van der Waals surface area contributed by atoms with Gasteiger partial charge in [-0.05, 0) is 38.8 Å². The molecule has 5 heteroatoms. The van der Waals surface area contributed by atoms with Crippen molar-refractivity contribution in [2.24, 2.45) is 0 Å². The molecule has 1 amide bonds. The molecule has 1 unspecified atom stereocenters. The first-order valence-electron chi connectivity index (χ1n) is 7.12. The van der Waals surface area contributed by atoms with Gasteiger partial charge in [-0.2, -0.15) is 5.26 Å². The molecule has 1 aliphatic heterocycles. The van der Waals surface area contributed by atoms with Crippen LogP contribution in [0.15, 0.2) is 18.2 Å². The van der Waals surface area contributed by atoms with Crippen molar-refractivity contribution in [1.82, 2.24) is 4.90 Å². The minimum atomic E-state index is -0.459. The quantitative estimate of drug-likeness (QED) is 0.853. The van der Waals surface area contributed by atoms with Crippen LogP contribution >= 0.6 is 0 Å². The molecule has 1 heterocycles. The van der Waals surface area contributed by atoms with Crippen LogP contribution in [0.2, 0.25) is 0 Å². The number of nitrogens with zero attached hydrogens (tertiary/aromatic N) is 2. The van der Waals surface area contributed by atoms with Crippen molar-refractivity contribution in [3.63, 3.8) is 0 Å². The molecule has 0 spiro atoms. The van der Waals surface area contributed by atoms with Crippen LogP contribution in [0, 0.1) is 11.3 Å². The van der Waals surface area contributed by atoms with Crippen LogP contribution in [0.1, 0.15) is 32.3 Å². The highest BCUT2D eigenvalue weighted by Gasteiger charge is 2.31. The van der Waals surface area contributed by atoms with Crippen molar-refractivity contribution in [3.05, 3.63) is 23.8 Å². The van der Waals surface area contributed by atoms with Crippen LogP contribution in [0.4, 0.5) is 0 Å². The average molecular weight is 288 g/mol. The highest BCUT2D eigenvalue weighted by atomic mass is 16.5. The van der Waals surface area contributed by atoms with E-state index >= 15 is 0 Å². The maximum absolute atomic E-state index is 12.4. The number of ether oxygens (including phenoxy) is 2. The summed E-state index contributed by atoms with van der Waals surface area (Å²) in [5.74, 6) is 1.04. The van der Waals surface area contributed by atoms with E-state index in [9.17, 15) is 4.79 Å². The molecule has 0 bridgehead atoms. The van der Waals surface area contributed by atoms with E-state index in [2.05, 4.69) is 6.07 Å². The third-order valence-corrected chi connectivity index (χ3v) is 3.62. The van der Waals surface area contributed by atoms with Gasteiger partial charge in [0.25, 0.3) is 5.91 Å². The molecule has 1 aliphatic rings. The lowest BCUT2D eigenvalue weighted by molar-refractivity contribution is -0.144. The van der Waals surface area contributed by atoms with Gasteiger partial charge in [-0.3, -0.25) is 4.79 Å². The van der Waals surface area contributed by atoms with Gasteiger partial charge in [0, 0.05) is 18.7 Å². The minimum absolute atomic E-state index is 0.0274. The molecule has 2 rings (SSSR count). The van der Waals surface area contributed by atoms with Crippen molar-refractivity contribution in [2.75, 3.05) is 13.7 Å². The molecule has 1 fully saturated rings. The minimum Gasteiger partial charge on any atom is -0.495 e. The SMILES string of the molecule is COc1cc(OC2CCCN(C(C)C)C2=O)ccc1C#N. The maximum Gasteiger partial charge on any atom is 0.263 e. The largest absolute Gasteiger partial charge is 0.495 e. The molecule has 1 saturated heterocycles. The predicted molar refractivity (Wildman–Crippen MR) is 78.2 cm³/mol. The second-order valence-corrected chi connectivity index (χ2v) is 5.35. The Morgan fingerprint density at radius 3 is 2.81 bits per heavy atom. The smallest absolute Gasteiger partial charge is 0.263 e. The number of methoxy groups -OCH3 is 1. The summed E-state index contributed by atoms with van der Waals surface area (Å²) >= 11 is 0. The Kier molecular flexibility index (Phi) is 4.69. The molecule has 0 saturated carbocycles. The van der Waals surface area contributed by atoms with E-state index in [0.717, 1.165) is 13.0 Å². The molecule has 1 atom stereocenters. The fourth-order valence-corrected chi connectivity index (χ4v) is 2.49. The van der Waals surface area contributed by atoms with Crippen LogP contribution in [0.5, 0.6) is 11.5 Å². The van der Waals surface area contributed by atoms with Gasteiger partial charge in [0.15, 0.2) is 6.10 Å². The topological polar surface area (TPSA) is 62.6 Å². The fraction of sp³-hybridized carbons (Fsp3) is 0.500. The summed E-state index contributed by atoms with van der Waals surface area (Å²) in [7, 11) is 1.51. The Labute approximate surface area is 125 Å². The van der Waals surface area contributed by atoms with Gasteiger partial charge in [-0.25, -0.2) is 0 Å². The monoisotopic (exact) mass is 288 g/mol.